The fourth-order valence-corrected chi connectivity index (χ4v) is 6.02. The van der Waals surface area contributed by atoms with Gasteiger partial charge in [-0.1, -0.05) is 62.4 Å². The van der Waals surface area contributed by atoms with Gasteiger partial charge in [-0.3, -0.25) is 10.1 Å². The Balaban J connectivity index is 1.49. The average Bonchev–Trinajstić information content (AvgIpc) is 3.77. The molecule has 0 aliphatic rings. The van der Waals surface area contributed by atoms with Gasteiger partial charge in [-0.25, -0.2) is 14.4 Å². The fourth-order valence-electron chi connectivity index (χ4n) is 4.43. The Morgan fingerprint density at radius 1 is 0.952 bits per heavy atom. The van der Waals surface area contributed by atoms with E-state index in [2.05, 4.69) is 26.0 Å². The van der Waals surface area contributed by atoms with Gasteiger partial charge in [0, 0.05) is 34.8 Å². The molecule has 8 nitrogen and oxygen atoms in total. The molecule has 0 bridgehead atoms. The minimum absolute atomic E-state index is 0.0149. The molecule has 6 aromatic rings. The minimum atomic E-state index is -0.393. The van der Waals surface area contributed by atoms with Crippen molar-refractivity contribution in [2.45, 2.75) is 19.8 Å². The van der Waals surface area contributed by atoms with Crippen molar-refractivity contribution < 1.29 is 4.92 Å². The highest BCUT2D eigenvalue weighted by molar-refractivity contribution is 7.13. The average molecular weight is 591 g/mol. The number of para-hydroxylation sites is 1. The lowest BCUT2D eigenvalue weighted by Crippen LogP contribution is -2.11. The summed E-state index contributed by atoms with van der Waals surface area (Å²) in [5.74, 6) is 0.421. The van der Waals surface area contributed by atoms with Crippen LogP contribution in [0.1, 0.15) is 30.9 Å². The zero-order chi connectivity index (χ0) is 29.1. The molecule has 3 heterocycles. The molecule has 0 aliphatic carbocycles. The highest BCUT2D eigenvalue weighted by Crippen LogP contribution is 2.28. The third kappa shape index (κ3) is 5.76. The predicted molar refractivity (Wildman–Crippen MR) is 170 cm³/mol. The van der Waals surface area contributed by atoms with E-state index in [1.54, 1.807) is 34.4 Å². The van der Waals surface area contributed by atoms with E-state index < -0.39 is 4.92 Å². The van der Waals surface area contributed by atoms with Crippen LogP contribution < -0.4 is 4.80 Å². The van der Waals surface area contributed by atoms with Crippen LogP contribution in [0, 0.1) is 10.1 Å². The number of thiazole rings is 1. The van der Waals surface area contributed by atoms with Crippen molar-refractivity contribution in [3.05, 3.63) is 134 Å². The molecule has 0 radical (unpaired) electrons. The molecular weight excluding hydrogens is 565 g/mol. The first-order valence-electron chi connectivity index (χ1n) is 13.3. The standard InChI is InChI=1S/C32H26N6O2S2/c1-22(2)23-13-15-26(16-14-23)34-32-37(29(21-42-32)24-8-6-11-28(18-24)38(39)40)33-19-25-20-36(27-9-4-3-5-10-27)35-31(25)30-12-7-17-41-30/h3-22H,1-2H3. The number of rotatable bonds is 8. The van der Waals surface area contributed by atoms with Crippen LogP contribution in [0.2, 0.25) is 0 Å². The summed E-state index contributed by atoms with van der Waals surface area (Å²) in [6.07, 6.45) is 3.73. The smallest absolute Gasteiger partial charge is 0.258 e. The van der Waals surface area contributed by atoms with Gasteiger partial charge in [0.1, 0.15) is 5.69 Å². The first-order valence-corrected chi connectivity index (χ1v) is 15.1. The minimum Gasteiger partial charge on any atom is -0.258 e. The van der Waals surface area contributed by atoms with E-state index in [1.807, 2.05) is 82.3 Å². The molecule has 0 aliphatic heterocycles. The lowest BCUT2D eigenvalue weighted by atomic mass is 10.0. The topological polar surface area (TPSA) is 90.6 Å². The summed E-state index contributed by atoms with van der Waals surface area (Å²) in [5, 5.41) is 25.2. The number of hydrogen-bond donors (Lipinski definition) is 0. The lowest BCUT2D eigenvalue weighted by molar-refractivity contribution is -0.384. The maximum atomic E-state index is 11.5. The monoisotopic (exact) mass is 590 g/mol. The van der Waals surface area contributed by atoms with Crippen molar-refractivity contribution >= 4 is 40.3 Å². The van der Waals surface area contributed by atoms with Gasteiger partial charge < -0.3 is 0 Å². The molecule has 0 unspecified atom stereocenters. The SMILES string of the molecule is CC(C)c1ccc(N=c2scc(-c3cccc([N+](=O)[O-])c3)n2N=Cc2cn(-c3ccccc3)nc2-c2cccs2)cc1. The molecule has 3 aromatic carbocycles. The van der Waals surface area contributed by atoms with Crippen LogP contribution in [-0.2, 0) is 0 Å². The largest absolute Gasteiger partial charge is 0.270 e. The molecule has 0 N–H and O–H groups in total. The summed E-state index contributed by atoms with van der Waals surface area (Å²) < 4.78 is 3.58. The second-order valence-electron chi connectivity index (χ2n) is 9.82. The number of hydrogen-bond acceptors (Lipinski definition) is 7. The quantitative estimate of drug-likeness (QED) is 0.101. The summed E-state index contributed by atoms with van der Waals surface area (Å²) in [5.41, 5.74) is 6.01. The van der Waals surface area contributed by atoms with E-state index in [1.165, 1.54) is 23.0 Å². The second kappa shape index (κ2) is 11.9. The summed E-state index contributed by atoms with van der Waals surface area (Å²) in [7, 11) is 0. The van der Waals surface area contributed by atoms with Crippen LogP contribution in [0.4, 0.5) is 11.4 Å². The van der Waals surface area contributed by atoms with Gasteiger partial charge in [0.25, 0.3) is 5.69 Å². The molecule has 0 spiro atoms. The number of nitrogens with zero attached hydrogens (tertiary/aromatic N) is 6. The molecule has 0 saturated heterocycles. The number of nitro groups is 1. The Labute approximate surface area is 250 Å². The number of nitro benzene ring substituents is 1. The fraction of sp³-hybridized carbons (Fsp3) is 0.0938. The molecule has 0 fully saturated rings. The maximum Gasteiger partial charge on any atom is 0.270 e. The van der Waals surface area contributed by atoms with Crippen molar-refractivity contribution in [1.29, 1.82) is 0 Å². The van der Waals surface area contributed by atoms with Crippen LogP contribution in [0.25, 0.3) is 27.5 Å². The highest BCUT2D eigenvalue weighted by Gasteiger charge is 2.15. The van der Waals surface area contributed by atoms with E-state index in [4.69, 9.17) is 15.2 Å². The third-order valence-corrected chi connectivity index (χ3v) is 8.35. The third-order valence-electron chi connectivity index (χ3n) is 6.65. The number of aromatic nitrogens is 3. The van der Waals surface area contributed by atoms with Gasteiger partial charge in [0.2, 0.25) is 4.80 Å². The number of benzene rings is 3. The van der Waals surface area contributed by atoms with Gasteiger partial charge in [0.05, 0.1) is 33.1 Å². The summed E-state index contributed by atoms with van der Waals surface area (Å²) in [4.78, 5) is 17.7. The van der Waals surface area contributed by atoms with Crippen LogP contribution in [0.5, 0.6) is 0 Å². The summed E-state index contributed by atoms with van der Waals surface area (Å²) in [6.45, 7) is 4.31. The first-order chi connectivity index (χ1) is 20.5. The molecule has 3 aromatic heterocycles. The second-order valence-corrected chi connectivity index (χ2v) is 11.6. The van der Waals surface area contributed by atoms with Crippen molar-refractivity contribution in [2.75, 3.05) is 0 Å². The van der Waals surface area contributed by atoms with E-state index in [0.29, 0.717) is 22.0 Å². The molecular formula is C32H26N6O2S2. The molecule has 0 saturated carbocycles. The Morgan fingerprint density at radius 2 is 1.76 bits per heavy atom. The molecule has 0 atom stereocenters. The predicted octanol–water partition coefficient (Wildman–Crippen LogP) is 8.28. The van der Waals surface area contributed by atoms with Gasteiger partial charge in [-0.15, -0.1) is 22.7 Å². The Kier molecular flexibility index (Phi) is 7.72. The normalized spacial score (nSPS) is 12.0. The van der Waals surface area contributed by atoms with E-state index in [-0.39, 0.29) is 5.69 Å². The Morgan fingerprint density at radius 3 is 2.48 bits per heavy atom. The van der Waals surface area contributed by atoms with Crippen molar-refractivity contribution in [3.8, 4) is 27.5 Å². The highest BCUT2D eigenvalue weighted by atomic mass is 32.1. The lowest BCUT2D eigenvalue weighted by Gasteiger charge is -2.05. The number of non-ortho nitro benzene ring substituents is 1. The zero-order valence-electron chi connectivity index (χ0n) is 22.9. The molecule has 10 heteroatoms. The summed E-state index contributed by atoms with van der Waals surface area (Å²) >= 11 is 3.03. The van der Waals surface area contributed by atoms with Crippen LogP contribution in [0.15, 0.2) is 118 Å². The molecule has 208 valence electrons. The van der Waals surface area contributed by atoms with E-state index in [9.17, 15) is 10.1 Å². The maximum absolute atomic E-state index is 11.5. The van der Waals surface area contributed by atoms with Gasteiger partial charge in [-0.05, 0) is 47.2 Å². The van der Waals surface area contributed by atoms with Crippen LogP contribution in [0.3, 0.4) is 0 Å². The summed E-state index contributed by atoms with van der Waals surface area (Å²) in [6, 6.07) is 28.7. The molecule has 6 rings (SSSR count). The van der Waals surface area contributed by atoms with Crippen LogP contribution in [-0.4, -0.2) is 25.6 Å². The first kappa shape index (κ1) is 27.3. The number of thiophene rings is 1. The Bertz CT molecular complexity index is 1930. The van der Waals surface area contributed by atoms with E-state index >= 15 is 0 Å². The van der Waals surface area contributed by atoms with Gasteiger partial charge in [0.15, 0.2) is 0 Å². The van der Waals surface area contributed by atoms with Crippen molar-refractivity contribution in [2.24, 2.45) is 10.1 Å². The zero-order valence-corrected chi connectivity index (χ0v) is 24.5. The Hall–Kier alpha value is -4.93. The van der Waals surface area contributed by atoms with Gasteiger partial charge >= 0.3 is 0 Å². The molecule has 0 amide bonds. The molecule has 42 heavy (non-hydrogen) atoms. The van der Waals surface area contributed by atoms with Crippen molar-refractivity contribution in [3.63, 3.8) is 0 Å². The van der Waals surface area contributed by atoms with Crippen molar-refractivity contribution in [1.82, 2.24) is 14.5 Å². The van der Waals surface area contributed by atoms with Gasteiger partial charge in [-0.2, -0.15) is 10.2 Å². The van der Waals surface area contributed by atoms with E-state index in [0.717, 1.165) is 27.5 Å². The van der Waals surface area contributed by atoms with Crippen LogP contribution >= 0.6 is 22.7 Å².